The maximum absolute atomic E-state index is 6.06. The SMILES string of the molecule is Cc1ccc(Oc2ccc(C)c(-c3cc(Sc4cccc(C)c4)ccn3)c2)cc1. The number of benzene rings is 3. The van der Waals surface area contributed by atoms with E-state index in [1.165, 1.54) is 26.5 Å². The summed E-state index contributed by atoms with van der Waals surface area (Å²) in [5, 5.41) is 0. The number of hydrogen-bond donors (Lipinski definition) is 0. The number of aryl methyl sites for hydroxylation is 3. The Morgan fingerprint density at radius 1 is 0.690 bits per heavy atom. The van der Waals surface area contributed by atoms with Gasteiger partial charge in [-0.1, -0.05) is 53.2 Å². The molecule has 0 N–H and O–H groups in total. The molecule has 0 aliphatic carbocycles. The molecule has 0 amide bonds. The summed E-state index contributed by atoms with van der Waals surface area (Å²) in [6.45, 7) is 6.29. The third-order valence-corrected chi connectivity index (χ3v) is 5.68. The van der Waals surface area contributed by atoms with Gasteiger partial charge in [0, 0.05) is 21.6 Å². The second kappa shape index (κ2) is 8.54. The Bertz CT molecular complexity index is 1140. The van der Waals surface area contributed by atoms with Gasteiger partial charge in [0.05, 0.1) is 5.69 Å². The van der Waals surface area contributed by atoms with Crippen molar-refractivity contribution in [3.8, 4) is 22.8 Å². The summed E-state index contributed by atoms with van der Waals surface area (Å²) < 4.78 is 6.06. The number of ether oxygens (including phenoxy) is 1. The van der Waals surface area contributed by atoms with Crippen molar-refractivity contribution in [3.63, 3.8) is 0 Å². The summed E-state index contributed by atoms with van der Waals surface area (Å²) in [7, 11) is 0. The van der Waals surface area contributed by atoms with Crippen LogP contribution in [0.4, 0.5) is 0 Å². The molecule has 0 saturated carbocycles. The molecule has 0 radical (unpaired) electrons. The molecule has 0 aliphatic heterocycles. The first kappa shape index (κ1) is 19.3. The Kier molecular flexibility index (Phi) is 5.68. The molecule has 2 nitrogen and oxygen atoms in total. The summed E-state index contributed by atoms with van der Waals surface area (Å²) in [5.74, 6) is 1.65. The van der Waals surface area contributed by atoms with E-state index in [-0.39, 0.29) is 0 Å². The highest BCUT2D eigenvalue weighted by Gasteiger charge is 2.08. The van der Waals surface area contributed by atoms with Gasteiger partial charge < -0.3 is 4.74 Å². The number of hydrogen-bond acceptors (Lipinski definition) is 3. The Morgan fingerprint density at radius 3 is 2.24 bits per heavy atom. The monoisotopic (exact) mass is 397 g/mol. The fourth-order valence-corrected chi connectivity index (χ4v) is 4.08. The Balaban J connectivity index is 1.61. The minimum absolute atomic E-state index is 0.813. The summed E-state index contributed by atoms with van der Waals surface area (Å²) >= 11 is 1.75. The number of nitrogens with zero attached hydrogens (tertiary/aromatic N) is 1. The third-order valence-electron chi connectivity index (χ3n) is 4.70. The van der Waals surface area contributed by atoms with Crippen molar-refractivity contribution in [2.24, 2.45) is 0 Å². The molecule has 3 aromatic carbocycles. The molecule has 0 bridgehead atoms. The highest BCUT2D eigenvalue weighted by molar-refractivity contribution is 7.99. The minimum atomic E-state index is 0.813. The van der Waals surface area contributed by atoms with E-state index in [1.54, 1.807) is 11.8 Å². The van der Waals surface area contributed by atoms with E-state index in [4.69, 9.17) is 4.74 Å². The molecule has 29 heavy (non-hydrogen) atoms. The smallest absolute Gasteiger partial charge is 0.128 e. The molecule has 0 spiro atoms. The van der Waals surface area contributed by atoms with E-state index in [0.29, 0.717) is 0 Å². The average molecular weight is 398 g/mol. The van der Waals surface area contributed by atoms with Crippen molar-refractivity contribution >= 4 is 11.8 Å². The molecule has 0 aliphatic rings. The van der Waals surface area contributed by atoms with Crippen LogP contribution in [-0.2, 0) is 0 Å². The van der Waals surface area contributed by atoms with Crippen molar-refractivity contribution in [1.82, 2.24) is 4.98 Å². The Labute approximate surface area is 176 Å². The molecule has 3 heteroatoms. The second-order valence-electron chi connectivity index (χ2n) is 7.19. The molecule has 1 heterocycles. The molecular formula is C26H23NOS. The summed E-state index contributed by atoms with van der Waals surface area (Å²) in [4.78, 5) is 7.02. The van der Waals surface area contributed by atoms with Crippen molar-refractivity contribution < 1.29 is 4.74 Å². The lowest BCUT2D eigenvalue weighted by Gasteiger charge is -2.11. The van der Waals surface area contributed by atoms with Gasteiger partial charge in [-0.15, -0.1) is 0 Å². The van der Waals surface area contributed by atoms with Gasteiger partial charge >= 0.3 is 0 Å². The number of aromatic nitrogens is 1. The third kappa shape index (κ3) is 4.87. The first-order valence-corrected chi connectivity index (χ1v) is 10.4. The van der Waals surface area contributed by atoms with Gasteiger partial charge in [0.2, 0.25) is 0 Å². The molecule has 1 aromatic heterocycles. The highest BCUT2D eigenvalue weighted by Crippen LogP contribution is 2.33. The molecule has 0 unspecified atom stereocenters. The zero-order valence-corrected chi connectivity index (χ0v) is 17.7. The molecule has 0 saturated heterocycles. The van der Waals surface area contributed by atoms with Crippen molar-refractivity contribution in [2.45, 2.75) is 30.6 Å². The molecule has 4 rings (SSSR count). The second-order valence-corrected chi connectivity index (χ2v) is 8.33. The van der Waals surface area contributed by atoms with E-state index < -0.39 is 0 Å². The molecule has 0 fully saturated rings. The molecule has 144 valence electrons. The topological polar surface area (TPSA) is 22.1 Å². The van der Waals surface area contributed by atoms with Crippen LogP contribution in [0.2, 0.25) is 0 Å². The van der Waals surface area contributed by atoms with Gasteiger partial charge in [-0.05, 0) is 74.9 Å². The van der Waals surface area contributed by atoms with Crippen LogP contribution in [0.15, 0.2) is 94.9 Å². The quantitative estimate of drug-likeness (QED) is 0.346. The molecular weight excluding hydrogens is 374 g/mol. The predicted octanol–water partition coefficient (Wildman–Crippen LogP) is 7.62. The van der Waals surface area contributed by atoms with Gasteiger partial charge in [0.15, 0.2) is 0 Å². The van der Waals surface area contributed by atoms with Gasteiger partial charge in [-0.2, -0.15) is 0 Å². The summed E-state index contributed by atoms with van der Waals surface area (Å²) in [6, 6.07) is 27.0. The zero-order valence-electron chi connectivity index (χ0n) is 16.8. The van der Waals surface area contributed by atoms with Crippen LogP contribution in [0.3, 0.4) is 0 Å². The zero-order chi connectivity index (χ0) is 20.2. The van der Waals surface area contributed by atoms with Crippen LogP contribution in [0.25, 0.3) is 11.3 Å². The summed E-state index contributed by atoms with van der Waals surface area (Å²) in [6.07, 6.45) is 1.88. The first-order chi connectivity index (χ1) is 14.1. The van der Waals surface area contributed by atoms with Crippen LogP contribution >= 0.6 is 11.8 Å². The van der Waals surface area contributed by atoms with Crippen molar-refractivity contribution in [1.29, 1.82) is 0 Å². The lowest BCUT2D eigenvalue weighted by atomic mass is 10.0. The normalized spacial score (nSPS) is 10.7. The van der Waals surface area contributed by atoms with Crippen molar-refractivity contribution in [2.75, 3.05) is 0 Å². The van der Waals surface area contributed by atoms with Gasteiger partial charge in [-0.3, -0.25) is 4.98 Å². The molecule has 0 atom stereocenters. The van der Waals surface area contributed by atoms with Gasteiger partial charge in [0.1, 0.15) is 11.5 Å². The largest absolute Gasteiger partial charge is 0.457 e. The van der Waals surface area contributed by atoms with E-state index >= 15 is 0 Å². The fourth-order valence-electron chi connectivity index (χ4n) is 3.12. The summed E-state index contributed by atoms with van der Waals surface area (Å²) in [5.41, 5.74) is 5.69. The van der Waals surface area contributed by atoms with E-state index in [0.717, 1.165) is 22.8 Å². The fraction of sp³-hybridized carbons (Fsp3) is 0.115. The van der Waals surface area contributed by atoms with E-state index in [2.05, 4.69) is 86.4 Å². The number of rotatable bonds is 5. The first-order valence-electron chi connectivity index (χ1n) is 9.63. The number of pyridine rings is 1. The predicted molar refractivity (Wildman–Crippen MR) is 121 cm³/mol. The maximum atomic E-state index is 6.06. The van der Waals surface area contributed by atoms with Gasteiger partial charge in [-0.25, -0.2) is 0 Å². The standard InChI is InChI=1S/C26H23NOS/c1-18-7-10-21(11-8-18)28-22-12-9-20(3)25(16-22)26-17-24(13-14-27-26)29-23-6-4-5-19(2)15-23/h4-17H,1-3H3. The minimum Gasteiger partial charge on any atom is -0.457 e. The van der Waals surface area contributed by atoms with Crippen LogP contribution in [0.1, 0.15) is 16.7 Å². The lowest BCUT2D eigenvalue weighted by Crippen LogP contribution is -1.90. The van der Waals surface area contributed by atoms with E-state index in [9.17, 15) is 0 Å². The Hall–Kier alpha value is -3.04. The van der Waals surface area contributed by atoms with E-state index in [1.807, 2.05) is 24.4 Å². The van der Waals surface area contributed by atoms with Crippen LogP contribution in [0.5, 0.6) is 11.5 Å². The van der Waals surface area contributed by atoms with Crippen molar-refractivity contribution in [3.05, 3.63) is 102 Å². The maximum Gasteiger partial charge on any atom is 0.128 e. The molecule has 4 aromatic rings. The van der Waals surface area contributed by atoms with Crippen LogP contribution in [-0.4, -0.2) is 4.98 Å². The van der Waals surface area contributed by atoms with Gasteiger partial charge in [0.25, 0.3) is 0 Å². The Morgan fingerprint density at radius 2 is 1.45 bits per heavy atom. The van der Waals surface area contributed by atoms with Crippen LogP contribution in [0, 0.1) is 20.8 Å². The average Bonchev–Trinajstić information content (AvgIpc) is 2.71. The highest BCUT2D eigenvalue weighted by atomic mass is 32.2. The van der Waals surface area contributed by atoms with Crippen LogP contribution < -0.4 is 4.74 Å². The lowest BCUT2D eigenvalue weighted by molar-refractivity contribution is 0.482.